The number of halogens is 2. The van der Waals surface area contributed by atoms with Gasteiger partial charge in [0.25, 0.3) is 0 Å². The van der Waals surface area contributed by atoms with Gasteiger partial charge in [0.05, 0.1) is 25.4 Å². The number of hydrogen-bond acceptors (Lipinski definition) is 16. The average molecular weight is 1160 g/mol. The number of benzene rings is 2. The normalized spacial score (nSPS) is 39.1. The molecule has 6 fully saturated rings. The number of rotatable bonds is 12. The molecule has 2 aromatic carbocycles. The summed E-state index contributed by atoms with van der Waals surface area (Å²) in [6.45, 7) is 15.6. The lowest BCUT2D eigenvalue weighted by molar-refractivity contribution is -0.210. The summed E-state index contributed by atoms with van der Waals surface area (Å²) in [5, 5.41) is 43.5. The number of ether oxygens (including phenoxy) is 4. The predicted octanol–water partition coefficient (Wildman–Crippen LogP) is 6.66. The van der Waals surface area contributed by atoms with Crippen molar-refractivity contribution < 1.29 is 80.7 Å². The minimum Gasteiger partial charge on any atom is -0.479 e. The number of aliphatic hydroxyl groups excluding tert-OH is 2. The van der Waals surface area contributed by atoms with E-state index in [1.807, 2.05) is 27.0 Å². The van der Waals surface area contributed by atoms with Crippen molar-refractivity contribution in [2.75, 3.05) is 37.2 Å². The Labute approximate surface area is 478 Å². The van der Waals surface area contributed by atoms with Gasteiger partial charge in [-0.2, -0.15) is 11.8 Å². The molecule has 0 amide bonds. The highest BCUT2D eigenvalue weighted by Crippen LogP contribution is 2.70. The maximum atomic E-state index is 15.0. The van der Waals surface area contributed by atoms with E-state index in [2.05, 4.69) is 34.6 Å². The zero-order valence-electron chi connectivity index (χ0n) is 47.4. The van der Waals surface area contributed by atoms with Gasteiger partial charge in [-0.3, -0.25) is 13.8 Å². The summed E-state index contributed by atoms with van der Waals surface area (Å²) in [7, 11) is -3.99. The lowest BCUT2D eigenvalue weighted by Crippen LogP contribution is -2.64. The summed E-state index contributed by atoms with van der Waals surface area (Å²) in [5.74, 6) is -2.74. The van der Waals surface area contributed by atoms with E-state index in [1.54, 1.807) is 30.2 Å². The third kappa shape index (κ3) is 10.3. The molecule has 442 valence electrons. The number of carbonyl (C=O) groups excluding carboxylic acids is 4. The average Bonchev–Trinajstić information content (AvgIpc) is 4.31. The fourth-order valence-corrected chi connectivity index (χ4v) is 19.4. The SMILES string of the molecule is C.CSC[C@]1(C)C[C@@H](OC(=O)COc2ccc3c(c2F)B(O)OC3)[C@]2(C)[C@H](C)CC[C@]3(CCC(=O)[C@H]32)[C@@H](C)[C@@H]1O.C[C@@H]1CC[C@@]23CCC(=O)[C@H]2[C@]1(C)[C@H](OC(=O)COc1ccc2c(c1F)B(O)OC2)C[C@@](C)(CS(C)=O)[C@@H](O)[C@@H]3C. The fourth-order valence-electron chi connectivity index (χ4n) is 17.2. The Bertz CT molecular complexity index is 2740. The van der Waals surface area contributed by atoms with E-state index in [1.165, 1.54) is 12.1 Å². The van der Waals surface area contributed by atoms with E-state index in [0.717, 1.165) is 32.1 Å². The molecular weight excluding hydrogens is 1070 g/mol. The molecule has 10 rings (SSSR count). The van der Waals surface area contributed by atoms with E-state index in [4.69, 9.17) is 28.3 Å². The number of Topliss-reactive ketones (excluding diaryl/α,β-unsaturated/α-hetero) is 2. The third-order valence-corrected chi connectivity index (χ3v) is 23.8. The van der Waals surface area contributed by atoms with Crippen molar-refractivity contribution in [2.45, 2.75) is 165 Å². The van der Waals surface area contributed by atoms with Crippen LogP contribution in [0, 0.1) is 79.6 Å². The highest BCUT2D eigenvalue weighted by molar-refractivity contribution is 7.98. The number of hydrogen-bond donors (Lipinski definition) is 4. The minimum absolute atomic E-state index is 0. The molecule has 8 aliphatic rings. The summed E-state index contributed by atoms with van der Waals surface area (Å²) < 4.78 is 76.1. The first-order chi connectivity index (χ1) is 37.1. The quantitative estimate of drug-likeness (QED) is 0.129. The van der Waals surface area contributed by atoms with Crippen LogP contribution >= 0.6 is 11.8 Å². The highest BCUT2D eigenvalue weighted by Gasteiger charge is 2.70. The van der Waals surface area contributed by atoms with E-state index >= 15 is 0 Å². The first-order valence-electron chi connectivity index (χ1n) is 28.2. The summed E-state index contributed by atoms with van der Waals surface area (Å²) >= 11 is 1.66. The van der Waals surface area contributed by atoms with E-state index < -0.39 is 113 Å². The van der Waals surface area contributed by atoms with Gasteiger partial charge in [-0.15, -0.1) is 0 Å². The van der Waals surface area contributed by atoms with Gasteiger partial charge in [-0.1, -0.05) is 74.9 Å². The molecule has 4 N–H and O–H groups in total. The van der Waals surface area contributed by atoms with E-state index in [0.29, 0.717) is 42.6 Å². The molecular formula is C59H84B2F2O15S2. The van der Waals surface area contributed by atoms with Crippen molar-refractivity contribution in [1.82, 2.24) is 0 Å². The summed E-state index contributed by atoms with van der Waals surface area (Å²) in [6, 6.07) is 6.00. The fraction of sp³-hybridized carbons (Fsp3) is 0.729. The van der Waals surface area contributed by atoms with Crippen molar-refractivity contribution in [2.24, 2.45) is 68.0 Å². The van der Waals surface area contributed by atoms with Crippen LogP contribution in [0.5, 0.6) is 11.5 Å². The molecule has 2 heterocycles. The van der Waals surface area contributed by atoms with Crippen LogP contribution in [0.25, 0.3) is 0 Å². The van der Waals surface area contributed by atoms with Crippen LogP contribution in [0.4, 0.5) is 8.78 Å². The van der Waals surface area contributed by atoms with Gasteiger partial charge >= 0.3 is 26.2 Å². The van der Waals surface area contributed by atoms with Crippen molar-refractivity contribution in [3.63, 3.8) is 0 Å². The van der Waals surface area contributed by atoms with Gasteiger partial charge in [-0.25, -0.2) is 18.4 Å². The van der Waals surface area contributed by atoms with Crippen LogP contribution in [0.3, 0.4) is 0 Å². The molecule has 0 saturated heterocycles. The molecule has 15 nitrogen and oxygen atoms in total. The first-order valence-corrected chi connectivity index (χ1v) is 31.3. The van der Waals surface area contributed by atoms with Gasteiger partial charge in [-0.05, 0) is 115 Å². The van der Waals surface area contributed by atoms with E-state index in [9.17, 15) is 52.4 Å². The van der Waals surface area contributed by atoms with Gasteiger partial charge in [0.2, 0.25) is 0 Å². The number of esters is 2. The van der Waals surface area contributed by atoms with E-state index in [-0.39, 0.29) is 108 Å². The number of aliphatic hydroxyl groups is 2. The van der Waals surface area contributed by atoms with Crippen LogP contribution in [0.15, 0.2) is 24.3 Å². The highest BCUT2D eigenvalue weighted by atomic mass is 32.2. The Morgan fingerprint density at radius 3 is 1.50 bits per heavy atom. The zero-order valence-corrected chi connectivity index (χ0v) is 49.0. The molecule has 17 atom stereocenters. The number of carbonyl (C=O) groups is 4. The first kappa shape index (κ1) is 62.6. The third-order valence-electron chi connectivity index (χ3n) is 21.8. The molecule has 4 bridgehead atoms. The Morgan fingerprint density at radius 2 is 1.10 bits per heavy atom. The summed E-state index contributed by atoms with van der Waals surface area (Å²) in [4.78, 5) is 53.7. The van der Waals surface area contributed by atoms with Crippen molar-refractivity contribution in [3.05, 3.63) is 47.0 Å². The second-order valence-electron chi connectivity index (χ2n) is 26.0. The molecule has 2 aromatic rings. The maximum absolute atomic E-state index is 15.0. The summed E-state index contributed by atoms with van der Waals surface area (Å²) in [5.41, 5.74) is -2.34. The smallest absolute Gasteiger partial charge is 0.479 e. The molecule has 0 aromatic heterocycles. The molecule has 0 spiro atoms. The molecule has 80 heavy (non-hydrogen) atoms. The Kier molecular flexibility index (Phi) is 18.2. The van der Waals surface area contributed by atoms with Crippen LogP contribution in [-0.2, 0) is 62.0 Å². The molecule has 6 aliphatic carbocycles. The minimum atomic E-state index is -1.40. The molecule has 6 saturated carbocycles. The molecule has 1 unspecified atom stereocenters. The molecule has 21 heteroatoms. The number of thioether (sulfide) groups is 1. The van der Waals surface area contributed by atoms with Crippen LogP contribution < -0.4 is 20.4 Å². The molecule has 2 aliphatic heterocycles. The second-order valence-corrected chi connectivity index (χ2v) is 28.3. The Balaban J connectivity index is 0.000000208. The zero-order chi connectivity index (χ0) is 57.5. The maximum Gasteiger partial charge on any atom is 0.494 e. The second kappa shape index (κ2) is 23.2. The van der Waals surface area contributed by atoms with Gasteiger partial charge in [0, 0.05) is 85.8 Å². The lowest BCUT2D eigenvalue weighted by Gasteiger charge is -2.62. The van der Waals surface area contributed by atoms with Gasteiger partial charge < -0.3 is 48.5 Å². The van der Waals surface area contributed by atoms with Crippen LogP contribution in [0.2, 0.25) is 0 Å². The Morgan fingerprint density at radius 1 is 0.700 bits per heavy atom. The monoisotopic (exact) mass is 1160 g/mol. The number of fused-ring (bicyclic) bond motifs is 2. The predicted molar refractivity (Wildman–Crippen MR) is 302 cm³/mol. The van der Waals surface area contributed by atoms with Crippen molar-refractivity contribution in [3.8, 4) is 11.5 Å². The lowest BCUT2D eigenvalue weighted by atomic mass is 9.44. The van der Waals surface area contributed by atoms with Crippen LogP contribution in [-0.4, -0.2) is 124 Å². The topological polar surface area (TPSA) is 222 Å². The Hall–Kier alpha value is -3.43. The summed E-state index contributed by atoms with van der Waals surface area (Å²) in [6.07, 6.45) is 7.18. The van der Waals surface area contributed by atoms with Crippen molar-refractivity contribution in [1.29, 1.82) is 0 Å². The largest absolute Gasteiger partial charge is 0.494 e. The van der Waals surface area contributed by atoms with Crippen LogP contribution in [0.1, 0.15) is 138 Å². The standard InChI is InChI=1S/C29H40BFO8S.C29H40BFO7S.CH4/c1-16-8-10-29-11-9-19(32)25(29)28(16,4)21(12-27(3,15-40(5)36)26(34)17(29)2)39-22(33)14-37-20-7-6-18-13-38-30(35)23(18)24(20)31;1-16-8-10-29-11-9-19(32)25(29)28(16,4)21(12-27(3,15-39-5)26(34)17(29)2)38-22(33)14-36-20-7-6-18-13-37-30(35)23(18)24(20)31;/h6-7,16-17,21,25-26,34-35H,8-15H2,1-5H3;6-7,16-17,21,25-26,34-35H,8-15H2,1-5H3;1H4/t16-,17+,21-,25+,26+,27+,28+,29+,40?;16-,17+,21-,25+,26+,27+,28+,29+;/m11./s1. The van der Waals surface area contributed by atoms with Gasteiger partial charge in [0.1, 0.15) is 23.8 Å². The number of ketones is 2. The van der Waals surface area contributed by atoms with Gasteiger partial charge in [0.15, 0.2) is 36.3 Å². The molecule has 0 radical (unpaired) electrons. The van der Waals surface area contributed by atoms with Crippen molar-refractivity contribution >= 4 is 71.2 Å².